The molecule has 0 fully saturated rings. The van der Waals surface area contributed by atoms with Crippen molar-refractivity contribution in [1.29, 1.82) is 0 Å². The van der Waals surface area contributed by atoms with Crippen molar-refractivity contribution in [2.75, 3.05) is 13.2 Å². The number of carbonyl (C=O) groups is 1. The maximum atomic E-state index is 11.6. The van der Waals surface area contributed by atoms with Gasteiger partial charge in [-0.1, -0.05) is 43.1 Å². The molecule has 1 rings (SSSR count). The van der Waals surface area contributed by atoms with Crippen LogP contribution in [-0.4, -0.2) is 24.2 Å². The van der Waals surface area contributed by atoms with Crippen LogP contribution in [0.4, 0.5) is 0 Å². The van der Waals surface area contributed by atoms with E-state index in [1.54, 1.807) is 24.3 Å². The maximum Gasteiger partial charge on any atom is 0.244 e. The Kier molecular flexibility index (Phi) is 5.85. The number of aliphatic hydroxyl groups excluding tert-OH is 1. The second-order valence-electron chi connectivity index (χ2n) is 5.01. The van der Waals surface area contributed by atoms with Gasteiger partial charge < -0.3 is 10.4 Å². The van der Waals surface area contributed by atoms with Crippen LogP contribution in [0.3, 0.4) is 0 Å². The molecular weight excluding hydrogens is 285 g/mol. The summed E-state index contributed by atoms with van der Waals surface area (Å²) < 4.78 is 0. The number of amides is 1. The number of rotatable bonds is 5. The van der Waals surface area contributed by atoms with Crippen molar-refractivity contribution in [2.24, 2.45) is 5.41 Å². The van der Waals surface area contributed by atoms with Crippen LogP contribution in [0.25, 0.3) is 6.08 Å². The normalized spacial score (nSPS) is 11.8. The molecule has 0 spiro atoms. The van der Waals surface area contributed by atoms with Crippen molar-refractivity contribution in [2.45, 2.75) is 13.8 Å². The number of halogens is 2. The van der Waals surface area contributed by atoms with Gasteiger partial charge in [0.25, 0.3) is 0 Å². The van der Waals surface area contributed by atoms with Gasteiger partial charge in [-0.15, -0.1) is 0 Å². The van der Waals surface area contributed by atoms with Gasteiger partial charge in [0.2, 0.25) is 5.91 Å². The average molecular weight is 302 g/mol. The molecule has 0 bridgehead atoms. The molecule has 0 aromatic heterocycles. The van der Waals surface area contributed by atoms with Crippen LogP contribution in [-0.2, 0) is 4.79 Å². The summed E-state index contributed by atoms with van der Waals surface area (Å²) in [4.78, 5) is 11.6. The number of carbonyl (C=O) groups excluding carboxylic acids is 1. The fourth-order valence-corrected chi connectivity index (χ4v) is 1.79. The Morgan fingerprint density at radius 1 is 1.37 bits per heavy atom. The first-order valence-electron chi connectivity index (χ1n) is 5.86. The topological polar surface area (TPSA) is 49.3 Å². The van der Waals surface area contributed by atoms with Crippen LogP contribution in [0.15, 0.2) is 24.3 Å². The van der Waals surface area contributed by atoms with Gasteiger partial charge in [-0.05, 0) is 18.2 Å². The van der Waals surface area contributed by atoms with Crippen LogP contribution in [0, 0.1) is 5.41 Å². The predicted octanol–water partition coefficient (Wildman–Crippen LogP) is 3.14. The van der Waals surface area contributed by atoms with Gasteiger partial charge in [-0.2, -0.15) is 0 Å². The fourth-order valence-electron chi connectivity index (χ4n) is 1.27. The van der Waals surface area contributed by atoms with Crippen LogP contribution in [0.1, 0.15) is 19.4 Å². The highest BCUT2D eigenvalue weighted by atomic mass is 35.5. The summed E-state index contributed by atoms with van der Waals surface area (Å²) in [5.74, 6) is -0.252. The number of nitrogens with one attached hydrogen (secondary N) is 1. The standard InChI is InChI=1S/C14H17Cl2NO2/c1-14(2,9-18)8-17-13(19)7-6-10-11(15)4-3-5-12(10)16/h3-7,18H,8-9H2,1-2H3,(H,17,19)/b7-6+. The van der Waals surface area contributed by atoms with Crippen molar-refractivity contribution in [3.63, 3.8) is 0 Å². The molecule has 3 nitrogen and oxygen atoms in total. The third-order valence-corrected chi connectivity index (χ3v) is 3.23. The van der Waals surface area contributed by atoms with Gasteiger partial charge in [-0.25, -0.2) is 0 Å². The molecule has 0 saturated carbocycles. The number of aliphatic hydroxyl groups is 1. The summed E-state index contributed by atoms with van der Waals surface area (Å²) >= 11 is 12.0. The van der Waals surface area contributed by atoms with Crippen LogP contribution < -0.4 is 5.32 Å². The first kappa shape index (κ1) is 16.0. The zero-order chi connectivity index (χ0) is 14.5. The van der Waals surface area contributed by atoms with Crippen LogP contribution >= 0.6 is 23.2 Å². The molecule has 1 aromatic rings. The predicted molar refractivity (Wildman–Crippen MR) is 79.4 cm³/mol. The highest BCUT2D eigenvalue weighted by molar-refractivity contribution is 6.37. The Bertz CT molecular complexity index is 464. The van der Waals surface area contributed by atoms with Gasteiger partial charge in [0.05, 0.1) is 0 Å². The Labute approximate surface area is 123 Å². The minimum atomic E-state index is -0.342. The van der Waals surface area contributed by atoms with Crippen molar-refractivity contribution in [3.05, 3.63) is 39.9 Å². The summed E-state index contributed by atoms with van der Waals surface area (Å²) in [6, 6.07) is 5.16. The van der Waals surface area contributed by atoms with E-state index < -0.39 is 0 Å². The van der Waals surface area contributed by atoms with Crippen molar-refractivity contribution < 1.29 is 9.90 Å². The lowest BCUT2D eigenvalue weighted by molar-refractivity contribution is -0.116. The van der Waals surface area contributed by atoms with Gasteiger partial charge in [-0.3, -0.25) is 4.79 Å². The lowest BCUT2D eigenvalue weighted by Gasteiger charge is -2.21. The highest BCUT2D eigenvalue weighted by Gasteiger charge is 2.16. The molecule has 0 saturated heterocycles. The summed E-state index contributed by atoms with van der Waals surface area (Å²) in [7, 11) is 0. The Morgan fingerprint density at radius 3 is 2.47 bits per heavy atom. The van der Waals surface area contributed by atoms with Crippen LogP contribution in [0.2, 0.25) is 10.0 Å². The molecule has 0 aliphatic rings. The number of hydrogen-bond acceptors (Lipinski definition) is 2. The van der Waals surface area contributed by atoms with E-state index in [-0.39, 0.29) is 17.9 Å². The lowest BCUT2D eigenvalue weighted by Crippen LogP contribution is -2.35. The third-order valence-electron chi connectivity index (χ3n) is 2.57. The van der Waals surface area contributed by atoms with E-state index in [1.807, 2.05) is 13.8 Å². The SMILES string of the molecule is CC(C)(CO)CNC(=O)/C=C/c1c(Cl)cccc1Cl. The average Bonchev–Trinajstić information content (AvgIpc) is 2.36. The monoisotopic (exact) mass is 301 g/mol. The van der Waals surface area contributed by atoms with E-state index in [1.165, 1.54) is 6.08 Å². The molecule has 1 amide bonds. The minimum absolute atomic E-state index is 0.00728. The van der Waals surface area contributed by atoms with E-state index in [2.05, 4.69) is 5.32 Å². The Hall–Kier alpha value is -1.03. The largest absolute Gasteiger partial charge is 0.396 e. The summed E-state index contributed by atoms with van der Waals surface area (Å²) in [5, 5.41) is 12.8. The maximum absolute atomic E-state index is 11.6. The molecule has 5 heteroatoms. The first-order valence-corrected chi connectivity index (χ1v) is 6.62. The van der Waals surface area contributed by atoms with Crippen molar-refractivity contribution in [1.82, 2.24) is 5.32 Å². The zero-order valence-corrected chi connectivity index (χ0v) is 12.4. The lowest BCUT2D eigenvalue weighted by atomic mass is 9.95. The van der Waals surface area contributed by atoms with E-state index in [9.17, 15) is 4.79 Å². The van der Waals surface area contributed by atoms with Gasteiger partial charge in [0.15, 0.2) is 0 Å². The first-order chi connectivity index (χ1) is 8.85. The summed E-state index contributed by atoms with van der Waals surface area (Å²) in [6.07, 6.45) is 2.95. The fraction of sp³-hybridized carbons (Fsp3) is 0.357. The van der Waals surface area contributed by atoms with Crippen molar-refractivity contribution in [3.8, 4) is 0 Å². The quantitative estimate of drug-likeness (QED) is 0.821. The third kappa shape index (κ3) is 5.23. The van der Waals surface area contributed by atoms with Gasteiger partial charge in [0.1, 0.15) is 0 Å². The van der Waals surface area contributed by atoms with E-state index in [0.717, 1.165) is 0 Å². The van der Waals surface area contributed by atoms with E-state index >= 15 is 0 Å². The smallest absolute Gasteiger partial charge is 0.244 e. The van der Waals surface area contributed by atoms with E-state index in [4.69, 9.17) is 28.3 Å². The Balaban J connectivity index is 2.64. The van der Waals surface area contributed by atoms with Gasteiger partial charge in [0, 0.05) is 40.3 Å². The molecule has 19 heavy (non-hydrogen) atoms. The molecule has 0 aliphatic heterocycles. The molecule has 0 aliphatic carbocycles. The molecular formula is C14H17Cl2NO2. The Morgan fingerprint density at radius 2 is 1.95 bits per heavy atom. The second kappa shape index (κ2) is 6.94. The second-order valence-corrected chi connectivity index (χ2v) is 5.82. The molecule has 2 N–H and O–H groups in total. The van der Waals surface area contributed by atoms with Crippen molar-refractivity contribution >= 4 is 35.2 Å². The van der Waals surface area contributed by atoms with Crippen LogP contribution in [0.5, 0.6) is 0 Å². The highest BCUT2D eigenvalue weighted by Crippen LogP contribution is 2.25. The number of benzene rings is 1. The molecule has 0 heterocycles. The molecule has 0 radical (unpaired) electrons. The molecule has 0 unspecified atom stereocenters. The van der Waals surface area contributed by atoms with E-state index in [0.29, 0.717) is 22.2 Å². The molecule has 0 atom stereocenters. The zero-order valence-electron chi connectivity index (χ0n) is 10.9. The minimum Gasteiger partial charge on any atom is -0.396 e. The number of hydrogen-bond donors (Lipinski definition) is 2. The summed E-state index contributed by atoms with van der Waals surface area (Å²) in [6.45, 7) is 4.13. The molecule has 1 aromatic carbocycles. The summed E-state index contributed by atoms with van der Waals surface area (Å²) in [5.41, 5.74) is 0.272. The molecule has 104 valence electrons. The van der Waals surface area contributed by atoms with Gasteiger partial charge >= 0.3 is 0 Å².